The molecule has 0 radical (unpaired) electrons. The number of allylic oxidation sites excluding steroid dienone is 1. The lowest BCUT2D eigenvalue weighted by atomic mass is 9.91. The number of carboxylic acid groups (broad SMARTS) is 1. The molecule has 1 aliphatic heterocycles. The highest BCUT2D eigenvalue weighted by Crippen LogP contribution is 2.23. The van der Waals surface area contributed by atoms with Crippen LogP contribution in [0.3, 0.4) is 0 Å². The summed E-state index contributed by atoms with van der Waals surface area (Å²) in [7, 11) is 0. The Morgan fingerprint density at radius 2 is 2.00 bits per heavy atom. The Morgan fingerprint density at radius 3 is 2.64 bits per heavy atom. The van der Waals surface area contributed by atoms with Crippen molar-refractivity contribution >= 4 is 17.8 Å². The lowest BCUT2D eigenvalue weighted by Crippen LogP contribution is -2.45. The van der Waals surface area contributed by atoms with Crippen molar-refractivity contribution in [3.8, 4) is 0 Å². The largest absolute Gasteiger partial charge is 0.494 e. The van der Waals surface area contributed by atoms with Gasteiger partial charge >= 0.3 is 12.1 Å². The molecule has 1 aromatic carbocycles. The number of carbonyl (C=O) groups is 3. The number of amides is 1. The summed E-state index contributed by atoms with van der Waals surface area (Å²) >= 11 is 0. The monoisotopic (exact) mass is 391 g/mol. The average molecular weight is 391 g/mol. The Labute approximate surface area is 163 Å². The van der Waals surface area contributed by atoms with E-state index in [0.29, 0.717) is 6.42 Å². The van der Waals surface area contributed by atoms with Crippen LogP contribution in [0.25, 0.3) is 0 Å². The van der Waals surface area contributed by atoms with Crippen molar-refractivity contribution in [3.05, 3.63) is 48.2 Å². The van der Waals surface area contributed by atoms with E-state index in [1.807, 2.05) is 30.3 Å². The van der Waals surface area contributed by atoms with Gasteiger partial charge in [0.05, 0.1) is 19.5 Å². The second-order valence-electron chi connectivity index (χ2n) is 6.65. The Morgan fingerprint density at radius 1 is 1.29 bits per heavy atom. The summed E-state index contributed by atoms with van der Waals surface area (Å²) in [6.45, 7) is 3.16. The third kappa shape index (κ3) is 6.70. The zero-order valence-corrected chi connectivity index (χ0v) is 15.9. The van der Waals surface area contributed by atoms with Gasteiger partial charge in [0, 0.05) is 12.0 Å². The molecule has 1 fully saturated rings. The van der Waals surface area contributed by atoms with Crippen LogP contribution in [0.2, 0.25) is 0 Å². The Kier molecular flexibility index (Phi) is 8.01. The van der Waals surface area contributed by atoms with E-state index in [1.165, 1.54) is 19.3 Å². The first-order chi connectivity index (χ1) is 13.4. The molecule has 1 aliphatic rings. The van der Waals surface area contributed by atoms with Crippen LogP contribution >= 0.6 is 0 Å². The van der Waals surface area contributed by atoms with E-state index >= 15 is 0 Å². The second-order valence-corrected chi connectivity index (χ2v) is 6.65. The maximum atomic E-state index is 12.3. The van der Waals surface area contributed by atoms with E-state index in [1.54, 1.807) is 6.92 Å². The number of carbonyl (C=O) groups excluding carboxylic acids is 2. The molecule has 28 heavy (non-hydrogen) atoms. The van der Waals surface area contributed by atoms with Crippen LogP contribution in [0, 0.1) is 5.92 Å². The van der Waals surface area contributed by atoms with Crippen LogP contribution < -0.4 is 5.32 Å². The number of esters is 1. The van der Waals surface area contributed by atoms with Crippen molar-refractivity contribution in [1.29, 1.82) is 0 Å². The van der Waals surface area contributed by atoms with Gasteiger partial charge in [-0.3, -0.25) is 4.79 Å². The molecule has 0 saturated carbocycles. The van der Waals surface area contributed by atoms with Gasteiger partial charge in [0.15, 0.2) is 11.8 Å². The first-order valence-electron chi connectivity index (χ1n) is 9.01. The number of ketones is 1. The first-order valence-corrected chi connectivity index (χ1v) is 9.01. The fourth-order valence-corrected chi connectivity index (χ4v) is 3.00. The molecular weight excluding hydrogens is 366 g/mol. The van der Waals surface area contributed by atoms with Crippen molar-refractivity contribution < 1.29 is 33.7 Å². The molecule has 2 rings (SSSR count). The van der Waals surface area contributed by atoms with E-state index in [9.17, 15) is 14.4 Å². The van der Waals surface area contributed by atoms with E-state index in [4.69, 9.17) is 19.3 Å². The van der Waals surface area contributed by atoms with Gasteiger partial charge in [0.1, 0.15) is 12.2 Å². The minimum Gasteiger partial charge on any atom is -0.494 e. The maximum absolute atomic E-state index is 12.3. The first kappa shape index (κ1) is 21.4. The molecule has 1 heterocycles. The van der Waals surface area contributed by atoms with Gasteiger partial charge in [-0.25, -0.2) is 9.59 Å². The average Bonchev–Trinajstić information content (AvgIpc) is 2.67. The summed E-state index contributed by atoms with van der Waals surface area (Å²) in [5.74, 6) is -1.10. The molecule has 1 aromatic rings. The second kappa shape index (κ2) is 10.5. The Hall–Kier alpha value is -2.87. The van der Waals surface area contributed by atoms with Gasteiger partial charge in [-0.2, -0.15) is 0 Å². The fourth-order valence-electron chi connectivity index (χ4n) is 3.00. The Balaban J connectivity index is 2.23. The Bertz CT molecular complexity index is 704. The molecule has 0 aromatic heterocycles. The van der Waals surface area contributed by atoms with Crippen LogP contribution in [0.5, 0.6) is 0 Å². The highest BCUT2D eigenvalue weighted by molar-refractivity contribution is 5.86. The number of hydrogen-bond acceptors (Lipinski definition) is 6. The molecule has 0 spiro atoms. The molecule has 2 N–H and O–H groups in total. The molecule has 8 heteroatoms. The highest BCUT2D eigenvalue weighted by Gasteiger charge is 2.35. The number of ether oxygens (including phenoxy) is 3. The third-order valence-corrected chi connectivity index (χ3v) is 4.31. The third-order valence-electron chi connectivity index (χ3n) is 4.31. The minimum absolute atomic E-state index is 0.140. The van der Waals surface area contributed by atoms with Gasteiger partial charge in [-0.1, -0.05) is 30.3 Å². The smallest absolute Gasteiger partial charge is 0.405 e. The van der Waals surface area contributed by atoms with Gasteiger partial charge in [0.2, 0.25) is 0 Å². The van der Waals surface area contributed by atoms with Crippen LogP contribution in [-0.2, 0) is 30.2 Å². The number of hydrogen-bond donors (Lipinski definition) is 2. The number of cyclic esters (lactones) is 1. The van der Waals surface area contributed by atoms with Crippen LogP contribution in [-0.4, -0.2) is 54.4 Å². The van der Waals surface area contributed by atoms with Gasteiger partial charge in [0.25, 0.3) is 0 Å². The molecule has 1 saturated heterocycles. The molecule has 0 bridgehead atoms. The standard InChI is InChI=1S/C20H25NO7/c1-13(22)8-9-27-18-14(2)28-19(23)17(21-20(24)25)12-26-11-16(18)10-15-6-4-3-5-7-15/h3-9,14,16-18,21H,10-12H2,1-2H3,(H,24,25)/b9-8+/t14-,16-,17-,18-/m0/s1. The molecule has 0 aliphatic carbocycles. The molecule has 4 atom stereocenters. The molecule has 152 valence electrons. The predicted octanol–water partition coefficient (Wildman–Crippen LogP) is 1.93. The SMILES string of the molecule is CC(=O)/C=C/O[C@@H]1[C@@H](Cc2ccccc2)COC[C@H](NC(=O)O)C(=O)O[C@H]1C. The summed E-state index contributed by atoms with van der Waals surface area (Å²) in [6.07, 6.45) is 0.575. The van der Waals surface area contributed by atoms with Gasteiger partial charge < -0.3 is 24.6 Å². The van der Waals surface area contributed by atoms with Crippen LogP contribution in [0.15, 0.2) is 42.7 Å². The van der Waals surface area contributed by atoms with Gasteiger partial charge in [-0.15, -0.1) is 0 Å². The maximum Gasteiger partial charge on any atom is 0.405 e. The van der Waals surface area contributed by atoms with Crippen molar-refractivity contribution in [3.63, 3.8) is 0 Å². The molecule has 1 amide bonds. The summed E-state index contributed by atoms with van der Waals surface area (Å²) in [6, 6.07) is 8.59. The van der Waals surface area contributed by atoms with E-state index in [-0.39, 0.29) is 24.9 Å². The van der Waals surface area contributed by atoms with E-state index in [0.717, 1.165) is 5.56 Å². The zero-order chi connectivity index (χ0) is 20.5. The number of nitrogens with one attached hydrogen (secondary N) is 1. The zero-order valence-electron chi connectivity index (χ0n) is 15.9. The lowest BCUT2D eigenvalue weighted by Gasteiger charge is -2.30. The molecular formula is C20H25NO7. The van der Waals surface area contributed by atoms with Crippen molar-refractivity contribution in [1.82, 2.24) is 5.32 Å². The number of rotatable bonds is 6. The van der Waals surface area contributed by atoms with Crippen molar-refractivity contribution in [2.24, 2.45) is 5.92 Å². The van der Waals surface area contributed by atoms with E-state index in [2.05, 4.69) is 5.32 Å². The summed E-state index contributed by atoms with van der Waals surface area (Å²) < 4.78 is 16.8. The predicted molar refractivity (Wildman–Crippen MR) is 99.7 cm³/mol. The molecule has 0 unspecified atom stereocenters. The van der Waals surface area contributed by atoms with Gasteiger partial charge in [-0.05, 0) is 25.8 Å². The topological polar surface area (TPSA) is 111 Å². The van der Waals surface area contributed by atoms with Crippen LogP contribution in [0.4, 0.5) is 4.79 Å². The van der Waals surface area contributed by atoms with Crippen molar-refractivity contribution in [2.75, 3.05) is 13.2 Å². The summed E-state index contributed by atoms with van der Waals surface area (Å²) in [4.78, 5) is 34.4. The number of benzene rings is 1. The molecule has 8 nitrogen and oxygen atoms in total. The van der Waals surface area contributed by atoms with E-state index < -0.39 is 30.3 Å². The van der Waals surface area contributed by atoms with Crippen LogP contribution in [0.1, 0.15) is 19.4 Å². The summed E-state index contributed by atoms with van der Waals surface area (Å²) in [5, 5.41) is 11.0. The lowest BCUT2D eigenvalue weighted by molar-refractivity contribution is -0.157. The minimum atomic E-state index is -1.34. The van der Waals surface area contributed by atoms with Crippen molar-refractivity contribution in [2.45, 2.75) is 38.5 Å². The normalized spacial score (nSPS) is 25.9. The highest BCUT2D eigenvalue weighted by atomic mass is 16.6. The fraction of sp³-hybridized carbons (Fsp3) is 0.450. The summed E-state index contributed by atoms with van der Waals surface area (Å²) in [5.41, 5.74) is 1.05. The quantitative estimate of drug-likeness (QED) is 0.433.